The number of hydrogen-bond acceptors (Lipinski definition) is 4. The Morgan fingerprint density at radius 2 is 1.85 bits per heavy atom. The largest absolute Gasteiger partial charge is 0.497 e. The van der Waals surface area contributed by atoms with E-state index >= 15 is 0 Å². The molecule has 6 nitrogen and oxygen atoms in total. The van der Waals surface area contributed by atoms with Crippen LogP contribution in [0.15, 0.2) is 47.4 Å². The molecule has 0 spiro atoms. The van der Waals surface area contributed by atoms with Crippen molar-refractivity contribution in [2.24, 2.45) is 0 Å². The Balaban J connectivity index is 1.77. The second kappa shape index (κ2) is 7.39. The minimum absolute atomic E-state index is 0.0939. The maximum Gasteiger partial charge on any atom is 0.244 e. The van der Waals surface area contributed by atoms with Crippen molar-refractivity contribution < 1.29 is 17.9 Å². The molecule has 7 heteroatoms. The Bertz CT molecular complexity index is 1030. The predicted molar refractivity (Wildman–Crippen MR) is 101 cm³/mol. The predicted octanol–water partition coefficient (Wildman–Crippen LogP) is 3.01. The van der Waals surface area contributed by atoms with Gasteiger partial charge < -0.3 is 14.5 Å². The summed E-state index contributed by atoms with van der Waals surface area (Å²) in [5.41, 5.74) is 3.22. The molecule has 1 aromatic heterocycles. The summed E-state index contributed by atoms with van der Waals surface area (Å²) in [6.45, 7) is 2.29. The van der Waals surface area contributed by atoms with Crippen LogP contribution >= 0.6 is 0 Å². The van der Waals surface area contributed by atoms with Crippen molar-refractivity contribution in [2.45, 2.75) is 18.2 Å². The smallest absolute Gasteiger partial charge is 0.244 e. The molecule has 0 fully saturated rings. The summed E-state index contributed by atoms with van der Waals surface area (Å²) >= 11 is 0. The van der Waals surface area contributed by atoms with Gasteiger partial charge in [-0.05, 0) is 37.1 Å². The number of fused-ring (bicyclic) bond motifs is 1. The fraction of sp³-hybridized carbons (Fsp3) is 0.263. The molecule has 2 aromatic carbocycles. The van der Waals surface area contributed by atoms with Crippen molar-refractivity contribution in [3.63, 3.8) is 0 Å². The number of para-hydroxylation sites is 1. The van der Waals surface area contributed by atoms with E-state index in [1.54, 1.807) is 12.1 Å². The van der Waals surface area contributed by atoms with E-state index in [1.165, 1.54) is 20.3 Å². The molecule has 1 heterocycles. The molecule has 2 N–H and O–H groups in total. The normalized spacial score (nSPS) is 11.7. The lowest BCUT2D eigenvalue weighted by Gasteiger charge is -2.12. The number of aryl methyl sites for hydroxylation is 1. The third kappa shape index (κ3) is 3.54. The summed E-state index contributed by atoms with van der Waals surface area (Å²) < 4.78 is 38.3. The van der Waals surface area contributed by atoms with E-state index in [4.69, 9.17) is 9.47 Å². The van der Waals surface area contributed by atoms with Gasteiger partial charge in [0.2, 0.25) is 10.0 Å². The van der Waals surface area contributed by atoms with Gasteiger partial charge in [-0.25, -0.2) is 13.1 Å². The zero-order chi connectivity index (χ0) is 18.7. The Hall–Kier alpha value is -2.51. The monoisotopic (exact) mass is 374 g/mol. The van der Waals surface area contributed by atoms with Crippen molar-refractivity contribution in [1.82, 2.24) is 9.71 Å². The molecule has 3 aromatic rings. The molecule has 0 aliphatic carbocycles. The van der Waals surface area contributed by atoms with Crippen LogP contribution in [0.25, 0.3) is 10.9 Å². The van der Waals surface area contributed by atoms with Gasteiger partial charge in [-0.3, -0.25) is 0 Å². The highest BCUT2D eigenvalue weighted by Crippen LogP contribution is 2.28. The van der Waals surface area contributed by atoms with Crippen LogP contribution in [-0.4, -0.2) is 34.2 Å². The van der Waals surface area contributed by atoms with E-state index in [9.17, 15) is 8.42 Å². The SMILES string of the molecule is COc1ccc(S(=O)(=O)NCCc2c(C)[nH]c3ccccc23)c(OC)c1. The summed E-state index contributed by atoms with van der Waals surface area (Å²) in [6, 6.07) is 12.6. The van der Waals surface area contributed by atoms with E-state index in [0.29, 0.717) is 18.7 Å². The molecule has 0 aliphatic heterocycles. The van der Waals surface area contributed by atoms with Crippen molar-refractivity contribution in [3.05, 3.63) is 53.7 Å². The molecular weight excluding hydrogens is 352 g/mol. The van der Waals surface area contributed by atoms with Crippen molar-refractivity contribution >= 4 is 20.9 Å². The Morgan fingerprint density at radius 1 is 1.08 bits per heavy atom. The zero-order valence-corrected chi connectivity index (χ0v) is 15.8. The van der Waals surface area contributed by atoms with Gasteiger partial charge in [0.05, 0.1) is 14.2 Å². The maximum atomic E-state index is 12.6. The Kier molecular flexibility index (Phi) is 5.20. The first-order valence-electron chi connectivity index (χ1n) is 8.24. The first-order valence-corrected chi connectivity index (χ1v) is 9.72. The van der Waals surface area contributed by atoms with Crippen LogP contribution in [0.2, 0.25) is 0 Å². The molecule has 0 unspecified atom stereocenters. The maximum absolute atomic E-state index is 12.6. The van der Waals surface area contributed by atoms with Crippen LogP contribution in [-0.2, 0) is 16.4 Å². The highest BCUT2D eigenvalue weighted by molar-refractivity contribution is 7.89. The van der Waals surface area contributed by atoms with E-state index < -0.39 is 10.0 Å². The molecule has 0 aliphatic rings. The van der Waals surface area contributed by atoms with Crippen LogP contribution in [0, 0.1) is 6.92 Å². The van der Waals surface area contributed by atoms with Gasteiger partial charge in [-0.15, -0.1) is 0 Å². The molecule has 3 rings (SSSR count). The first kappa shape index (κ1) is 18.3. The molecule has 0 saturated carbocycles. The topological polar surface area (TPSA) is 80.4 Å². The zero-order valence-electron chi connectivity index (χ0n) is 15.0. The average Bonchev–Trinajstić information content (AvgIpc) is 2.96. The van der Waals surface area contributed by atoms with Gasteiger partial charge in [0, 0.05) is 29.2 Å². The quantitative estimate of drug-likeness (QED) is 0.666. The van der Waals surface area contributed by atoms with Crippen molar-refractivity contribution in [1.29, 1.82) is 0 Å². The van der Waals surface area contributed by atoms with E-state index in [1.807, 2.05) is 31.2 Å². The number of sulfonamides is 1. The van der Waals surface area contributed by atoms with E-state index in [0.717, 1.165) is 22.2 Å². The van der Waals surface area contributed by atoms with Crippen LogP contribution < -0.4 is 14.2 Å². The highest BCUT2D eigenvalue weighted by Gasteiger charge is 2.20. The van der Waals surface area contributed by atoms with Gasteiger partial charge in [0.25, 0.3) is 0 Å². The highest BCUT2D eigenvalue weighted by atomic mass is 32.2. The van der Waals surface area contributed by atoms with Crippen LogP contribution in [0.4, 0.5) is 0 Å². The van der Waals surface area contributed by atoms with E-state index in [-0.39, 0.29) is 10.6 Å². The van der Waals surface area contributed by atoms with Crippen molar-refractivity contribution in [2.75, 3.05) is 20.8 Å². The lowest BCUT2D eigenvalue weighted by Crippen LogP contribution is -2.26. The van der Waals surface area contributed by atoms with E-state index in [2.05, 4.69) is 9.71 Å². The van der Waals surface area contributed by atoms with Crippen LogP contribution in [0.5, 0.6) is 11.5 Å². The van der Waals surface area contributed by atoms with Gasteiger partial charge in [0.1, 0.15) is 16.4 Å². The molecule has 0 bridgehead atoms. The summed E-state index contributed by atoms with van der Waals surface area (Å²) in [7, 11) is -0.736. The third-order valence-corrected chi connectivity index (χ3v) is 5.85. The number of aromatic nitrogens is 1. The first-order chi connectivity index (χ1) is 12.5. The van der Waals surface area contributed by atoms with Gasteiger partial charge in [0.15, 0.2) is 0 Å². The average molecular weight is 374 g/mol. The lowest BCUT2D eigenvalue weighted by atomic mass is 10.1. The number of ether oxygens (including phenoxy) is 2. The Morgan fingerprint density at radius 3 is 2.58 bits per heavy atom. The number of methoxy groups -OCH3 is 2. The molecule has 138 valence electrons. The minimum atomic E-state index is -3.69. The van der Waals surface area contributed by atoms with Gasteiger partial charge in [-0.2, -0.15) is 0 Å². The standard InChI is InChI=1S/C19H22N2O4S/c1-13-15(16-6-4-5-7-17(16)21-13)10-11-20-26(22,23)19-9-8-14(24-2)12-18(19)25-3/h4-9,12,20-21H,10-11H2,1-3H3. The van der Waals surface area contributed by atoms with Gasteiger partial charge >= 0.3 is 0 Å². The molecule has 0 amide bonds. The van der Waals surface area contributed by atoms with Crippen LogP contribution in [0.3, 0.4) is 0 Å². The number of hydrogen-bond donors (Lipinski definition) is 2. The fourth-order valence-electron chi connectivity index (χ4n) is 3.04. The fourth-order valence-corrected chi connectivity index (χ4v) is 4.22. The number of benzene rings is 2. The minimum Gasteiger partial charge on any atom is -0.497 e. The molecule has 0 radical (unpaired) electrons. The molecule has 0 atom stereocenters. The Labute approximate surface area is 153 Å². The summed E-state index contributed by atoms with van der Waals surface area (Å²) in [5.74, 6) is 0.787. The summed E-state index contributed by atoms with van der Waals surface area (Å²) in [5, 5.41) is 1.12. The molecular formula is C19H22N2O4S. The second-order valence-electron chi connectivity index (χ2n) is 5.94. The molecule has 0 saturated heterocycles. The number of rotatable bonds is 7. The van der Waals surface area contributed by atoms with Crippen molar-refractivity contribution in [3.8, 4) is 11.5 Å². The molecule has 26 heavy (non-hydrogen) atoms. The third-order valence-electron chi connectivity index (χ3n) is 4.35. The number of H-pyrrole nitrogens is 1. The lowest BCUT2D eigenvalue weighted by molar-refractivity contribution is 0.386. The number of nitrogens with one attached hydrogen (secondary N) is 2. The van der Waals surface area contributed by atoms with Gasteiger partial charge in [-0.1, -0.05) is 18.2 Å². The summed E-state index contributed by atoms with van der Waals surface area (Å²) in [6.07, 6.45) is 0.591. The second-order valence-corrected chi connectivity index (χ2v) is 7.67. The van der Waals surface area contributed by atoms with Crippen LogP contribution in [0.1, 0.15) is 11.3 Å². The number of aromatic amines is 1. The summed E-state index contributed by atoms with van der Waals surface area (Å²) in [4.78, 5) is 3.42.